The van der Waals surface area contributed by atoms with Crippen molar-refractivity contribution >= 4 is 33.4 Å². The lowest BCUT2D eigenvalue weighted by Crippen LogP contribution is -2.46. The fourth-order valence-corrected chi connectivity index (χ4v) is 2.96. The Labute approximate surface area is 128 Å². The molecule has 1 saturated carbocycles. The van der Waals surface area contributed by atoms with Crippen LogP contribution in [-0.2, 0) is 9.59 Å². The summed E-state index contributed by atoms with van der Waals surface area (Å²) in [5, 5.41) is 2.66. The fraction of sp³-hybridized carbons (Fsp3) is 0.429. The molecule has 1 unspecified atom stereocenters. The van der Waals surface area contributed by atoms with Crippen molar-refractivity contribution in [1.82, 2.24) is 5.32 Å². The van der Waals surface area contributed by atoms with Gasteiger partial charge in [0.2, 0.25) is 11.8 Å². The minimum absolute atomic E-state index is 0.0244. The second-order valence-corrected chi connectivity index (χ2v) is 6.26. The standard InChI is InChI=1S/C14H13BrF2N2O2/c15-8-5-9(16)13(10(17)6-8)19-4-3-11(20)18-12(14(19)21)7-1-2-7/h5-7,12H,1-4H2,(H,18,20). The highest BCUT2D eigenvalue weighted by Gasteiger charge is 2.42. The van der Waals surface area contributed by atoms with E-state index in [1.807, 2.05) is 0 Å². The number of rotatable bonds is 2. The molecule has 0 radical (unpaired) electrons. The van der Waals surface area contributed by atoms with E-state index in [2.05, 4.69) is 21.2 Å². The molecule has 4 nitrogen and oxygen atoms in total. The van der Waals surface area contributed by atoms with E-state index in [9.17, 15) is 18.4 Å². The second-order valence-electron chi connectivity index (χ2n) is 5.34. The van der Waals surface area contributed by atoms with Crippen LogP contribution in [0.15, 0.2) is 16.6 Å². The zero-order valence-corrected chi connectivity index (χ0v) is 12.6. The van der Waals surface area contributed by atoms with Crippen molar-refractivity contribution < 1.29 is 18.4 Å². The van der Waals surface area contributed by atoms with Gasteiger partial charge < -0.3 is 10.2 Å². The molecule has 1 aromatic carbocycles. The summed E-state index contributed by atoms with van der Waals surface area (Å²) in [6.07, 6.45) is 1.72. The predicted octanol–water partition coefficient (Wildman–Crippen LogP) is 2.36. The Bertz CT molecular complexity index is 596. The lowest BCUT2D eigenvalue weighted by atomic mass is 10.1. The molecule has 3 rings (SSSR count). The minimum Gasteiger partial charge on any atom is -0.344 e. The van der Waals surface area contributed by atoms with Crippen molar-refractivity contribution in [2.45, 2.75) is 25.3 Å². The van der Waals surface area contributed by atoms with E-state index in [-0.39, 0.29) is 35.0 Å². The Morgan fingerprint density at radius 2 is 1.81 bits per heavy atom. The molecule has 2 amide bonds. The molecule has 112 valence electrons. The van der Waals surface area contributed by atoms with E-state index in [0.717, 1.165) is 29.9 Å². The van der Waals surface area contributed by atoms with Gasteiger partial charge in [0.15, 0.2) is 11.6 Å². The minimum atomic E-state index is -0.820. The summed E-state index contributed by atoms with van der Waals surface area (Å²) in [6.45, 7) is -0.0244. The summed E-state index contributed by atoms with van der Waals surface area (Å²) < 4.78 is 28.4. The van der Waals surface area contributed by atoms with Gasteiger partial charge >= 0.3 is 0 Å². The first-order valence-electron chi connectivity index (χ1n) is 6.72. The number of carbonyl (C=O) groups excluding carboxylic acids is 2. The Kier molecular flexibility index (Phi) is 3.69. The first-order valence-corrected chi connectivity index (χ1v) is 7.52. The molecule has 0 aromatic heterocycles. The molecule has 1 heterocycles. The van der Waals surface area contributed by atoms with Gasteiger partial charge in [0.1, 0.15) is 11.7 Å². The van der Waals surface area contributed by atoms with E-state index in [1.165, 1.54) is 0 Å². The van der Waals surface area contributed by atoms with E-state index in [0.29, 0.717) is 0 Å². The van der Waals surface area contributed by atoms with Gasteiger partial charge in [-0.25, -0.2) is 8.78 Å². The summed E-state index contributed by atoms with van der Waals surface area (Å²) in [5.41, 5.74) is -0.384. The quantitative estimate of drug-likeness (QED) is 0.882. The third-order valence-corrected chi connectivity index (χ3v) is 4.21. The van der Waals surface area contributed by atoms with Gasteiger partial charge in [-0.1, -0.05) is 15.9 Å². The average Bonchev–Trinajstić information content (AvgIpc) is 3.21. The number of hydrogen-bond acceptors (Lipinski definition) is 2. The number of halogens is 3. The summed E-state index contributed by atoms with van der Waals surface area (Å²) in [5.74, 6) is -2.27. The highest BCUT2D eigenvalue weighted by molar-refractivity contribution is 9.10. The van der Waals surface area contributed by atoms with Crippen LogP contribution in [0.3, 0.4) is 0 Å². The normalized spacial score (nSPS) is 23.0. The molecule has 1 N–H and O–H groups in total. The van der Waals surface area contributed by atoms with E-state index in [4.69, 9.17) is 0 Å². The Hall–Kier alpha value is -1.50. The van der Waals surface area contributed by atoms with Crippen molar-refractivity contribution in [3.05, 3.63) is 28.2 Å². The molecule has 1 aromatic rings. The van der Waals surface area contributed by atoms with Gasteiger partial charge in [0.25, 0.3) is 0 Å². The first kappa shape index (κ1) is 14.4. The molecule has 0 spiro atoms. The molecular formula is C14H13BrF2N2O2. The zero-order valence-electron chi connectivity index (χ0n) is 11.0. The molecule has 1 aliphatic carbocycles. The molecule has 1 aliphatic heterocycles. The molecule has 21 heavy (non-hydrogen) atoms. The number of nitrogens with zero attached hydrogens (tertiary/aromatic N) is 1. The number of benzene rings is 1. The van der Waals surface area contributed by atoms with Crippen molar-refractivity contribution in [2.24, 2.45) is 5.92 Å². The molecule has 0 bridgehead atoms. The molecule has 1 atom stereocenters. The van der Waals surface area contributed by atoms with Crippen LogP contribution in [0.25, 0.3) is 0 Å². The Balaban J connectivity index is 2.00. The maximum Gasteiger partial charge on any atom is 0.250 e. The van der Waals surface area contributed by atoms with Crippen molar-refractivity contribution in [3.8, 4) is 0 Å². The van der Waals surface area contributed by atoms with Gasteiger partial charge in [-0.15, -0.1) is 0 Å². The zero-order chi connectivity index (χ0) is 15.1. The lowest BCUT2D eigenvalue weighted by Gasteiger charge is -2.25. The van der Waals surface area contributed by atoms with Crippen molar-refractivity contribution in [1.29, 1.82) is 0 Å². The largest absolute Gasteiger partial charge is 0.344 e. The highest BCUT2D eigenvalue weighted by Crippen LogP contribution is 2.36. The third-order valence-electron chi connectivity index (χ3n) is 3.76. The fourth-order valence-electron chi connectivity index (χ4n) is 2.56. The molecule has 1 saturated heterocycles. The smallest absolute Gasteiger partial charge is 0.250 e. The lowest BCUT2D eigenvalue weighted by molar-refractivity contribution is -0.126. The molecule has 2 aliphatic rings. The van der Waals surface area contributed by atoms with Crippen LogP contribution < -0.4 is 10.2 Å². The average molecular weight is 359 g/mol. The van der Waals surface area contributed by atoms with Gasteiger partial charge in [0, 0.05) is 17.4 Å². The van der Waals surface area contributed by atoms with Crippen LogP contribution >= 0.6 is 15.9 Å². The van der Waals surface area contributed by atoms with E-state index >= 15 is 0 Å². The summed E-state index contributed by atoms with van der Waals surface area (Å²) in [7, 11) is 0. The summed E-state index contributed by atoms with van der Waals surface area (Å²) >= 11 is 3.01. The summed E-state index contributed by atoms with van der Waals surface area (Å²) in [4.78, 5) is 25.3. The number of anilines is 1. The summed E-state index contributed by atoms with van der Waals surface area (Å²) in [6, 6.07) is 1.54. The van der Waals surface area contributed by atoms with Crippen LogP contribution in [0.1, 0.15) is 19.3 Å². The van der Waals surface area contributed by atoms with Crippen LogP contribution in [0.4, 0.5) is 14.5 Å². The Morgan fingerprint density at radius 3 is 2.38 bits per heavy atom. The van der Waals surface area contributed by atoms with Gasteiger partial charge in [-0.3, -0.25) is 9.59 Å². The maximum absolute atomic E-state index is 14.1. The highest BCUT2D eigenvalue weighted by atomic mass is 79.9. The first-order chi connectivity index (χ1) is 9.97. The third kappa shape index (κ3) is 2.79. The predicted molar refractivity (Wildman–Crippen MR) is 75.7 cm³/mol. The SMILES string of the molecule is O=C1CCN(c2c(F)cc(Br)cc2F)C(=O)C(C2CC2)N1. The van der Waals surface area contributed by atoms with Crippen LogP contribution in [0, 0.1) is 17.6 Å². The van der Waals surface area contributed by atoms with Crippen LogP contribution in [-0.4, -0.2) is 24.4 Å². The van der Waals surface area contributed by atoms with Crippen LogP contribution in [0.5, 0.6) is 0 Å². The van der Waals surface area contributed by atoms with Gasteiger partial charge in [0.05, 0.1) is 0 Å². The van der Waals surface area contributed by atoms with E-state index in [1.54, 1.807) is 0 Å². The number of carbonyl (C=O) groups is 2. The number of nitrogens with one attached hydrogen (secondary N) is 1. The van der Waals surface area contributed by atoms with Gasteiger partial charge in [-0.2, -0.15) is 0 Å². The molecule has 7 heteroatoms. The molecule has 2 fully saturated rings. The number of hydrogen-bond donors (Lipinski definition) is 1. The monoisotopic (exact) mass is 358 g/mol. The van der Waals surface area contributed by atoms with E-state index < -0.39 is 23.6 Å². The van der Waals surface area contributed by atoms with Crippen LogP contribution in [0.2, 0.25) is 0 Å². The second kappa shape index (κ2) is 5.36. The van der Waals surface area contributed by atoms with Crippen molar-refractivity contribution in [2.75, 3.05) is 11.4 Å². The molecular weight excluding hydrogens is 346 g/mol. The maximum atomic E-state index is 14.1. The Morgan fingerprint density at radius 1 is 1.19 bits per heavy atom. The number of amides is 2. The van der Waals surface area contributed by atoms with Crippen molar-refractivity contribution in [3.63, 3.8) is 0 Å². The van der Waals surface area contributed by atoms with Gasteiger partial charge in [-0.05, 0) is 30.9 Å². The topological polar surface area (TPSA) is 49.4 Å².